The normalized spacial score (nSPS) is 14.9. The largest absolute Gasteiger partial charge is 0.508 e. The summed E-state index contributed by atoms with van der Waals surface area (Å²) in [6, 6.07) is 16.9. The van der Waals surface area contributed by atoms with Crippen molar-refractivity contribution in [2.24, 2.45) is 0 Å². The highest BCUT2D eigenvalue weighted by Gasteiger charge is 2.33. The fraction of sp³-hybridized carbons (Fsp3) is 0.0769. The van der Waals surface area contributed by atoms with Gasteiger partial charge in [-0.05, 0) is 59.5 Å². The smallest absolute Gasteiger partial charge is 0.336 e. The van der Waals surface area contributed by atoms with E-state index in [2.05, 4.69) is 0 Å². The summed E-state index contributed by atoms with van der Waals surface area (Å²) in [6.07, 6.45) is 1.39. The van der Waals surface area contributed by atoms with Crippen molar-refractivity contribution in [2.45, 2.75) is 12.8 Å². The molecule has 4 aromatic rings. The Balaban J connectivity index is 1.97. The maximum Gasteiger partial charge on any atom is 0.336 e. The summed E-state index contributed by atoms with van der Waals surface area (Å²) >= 11 is 0. The summed E-state index contributed by atoms with van der Waals surface area (Å²) < 4.78 is 6.23. The number of phenolic OH excluding ortho intramolecular Hbond substituents is 1. The Bertz CT molecular complexity index is 1500. The third-order valence-corrected chi connectivity index (χ3v) is 5.89. The van der Waals surface area contributed by atoms with Gasteiger partial charge in [0.05, 0.1) is 22.4 Å². The molecule has 1 aliphatic rings. The number of nitrogen functional groups attached to an aromatic ring is 1. The van der Waals surface area contributed by atoms with Crippen LogP contribution < -0.4 is 11.2 Å². The van der Waals surface area contributed by atoms with E-state index in [9.17, 15) is 19.8 Å². The Morgan fingerprint density at radius 3 is 2.53 bits per heavy atom. The third-order valence-electron chi connectivity index (χ3n) is 5.89. The number of aliphatic carboxylic acids is 1. The van der Waals surface area contributed by atoms with Crippen LogP contribution in [0.3, 0.4) is 0 Å². The molecule has 1 atom stereocenters. The van der Waals surface area contributed by atoms with Crippen LogP contribution in [0.1, 0.15) is 39.5 Å². The molecule has 0 amide bonds. The van der Waals surface area contributed by atoms with Gasteiger partial charge >= 0.3 is 5.97 Å². The molecule has 0 radical (unpaired) electrons. The Kier molecular flexibility index (Phi) is 4.37. The molecule has 1 aliphatic carbocycles. The van der Waals surface area contributed by atoms with Crippen LogP contribution in [0.4, 0.5) is 5.69 Å². The predicted octanol–water partition coefficient (Wildman–Crippen LogP) is 4.51. The average Bonchev–Trinajstić information content (AvgIpc) is 2.90. The summed E-state index contributed by atoms with van der Waals surface area (Å²) in [4.78, 5) is 25.7. The van der Waals surface area contributed by atoms with E-state index in [1.807, 2.05) is 25.1 Å². The van der Waals surface area contributed by atoms with Crippen molar-refractivity contribution in [1.29, 1.82) is 0 Å². The van der Waals surface area contributed by atoms with E-state index in [0.717, 1.165) is 16.7 Å². The first kappa shape index (κ1) is 19.6. The van der Waals surface area contributed by atoms with E-state index >= 15 is 0 Å². The lowest BCUT2D eigenvalue weighted by atomic mass is 9.82. The van der Waals surface area contributed by atoms with E-state index in [-0.39, 0.29) is 33.3 Å². The summed E-state index contributed by atoms with van der Waals surface area (Å²) in [5.74, 6) is -1.39. The molecule has 1 unspecified atom stereocenters. The van der Waals surface area contributed by atoms with Gasteiger partial charge in [0.2, 0.25) is 0 Å². The maximum atomic E-state index is 13.5. The molecule has 5 rings (SSSR count). The second-order valence-corrected chi connectivity index (χ2v) is 7.89. The van der Waals surface area contributed by atoms with Crippen LogP contribution in [-0.4, -0.2) is 16.2 Å². The zero-order valence-corrected chi connectivity index (χ0v) is 17.1. The molecular weight excluding hydrogens is 406 g/mol. The Morgan fingerprint density at radius 2 is 1.81 bits per heavy atom. The van der Waals surface area contributed by atoms with E-state index in [0.29, 0.717) is 17.0 Å². The van der Waals surface area contributed by atoms with E-state index in [4.69, 9.17) is 10.2 Å². The number of aryl methyl sites for hydroxylation is 1. The lowest BCUT2D eigenvalue weighted by Crippen LogP contribution is -2.14. The summed E-state index contributed by atoms with van der Waals surface area (Å²) in [7, 11) is 0. The van der Waals surface area contributed by atoms with Crippen molar-refractivity contribution in [3.63, 3.8) is 0 Å². The number of aromatic hydroxyl groups is 1. The molecule has 0 aliphatic heterocycles. The number of nitrogens with two attached hydrogens (primary N) is 1. The molecule has 6 nitrogen and oxygen atoms in total. The van der Waals surface area contributed by atoms with Crippen LogP contribution in [-0.2, 0) is 4.79 Å². The molecule has 0 bridgehead atoms. The van der Waals surface area contributed by atoms with E-state index in [1.165, 1.54) is 24.3 Å². The van der Waals surface area contributed by atoms with E-state index < -0.39 is 11.9 Å². The molecule has 0 saturated heterocycles. The summed E-state index contributed by atoms with van der Waals surface area (Å²) in [5.41, 5.74) is 9.49. The van der Waals surface area contributed by atoms with Crippen LogP contribution >= 0.6 is 0 Å². The van der Waals surface area contributed by atoms with Crippen LogP contribution in [0.15, 0.2) is 69.9 Å². The first-order valence-corrected chi connectivity index (χ1v) is 10.0. The van der Waals surface area contributed by atoms with Gasteiger partial charge in [-0.15, -0.1) is 0 Å². The van der Waals surface area contributed by atoms with Crippen LogP contribution in [0, 0.1) is 6.92 Å². The number of benzene rings is 3. The number of carboxylic acids is 1. The van der Waals surface area contributed by atoms with E-state index in [1.54, 1.807) is 24.3 Å². The average molecular weight is 425 g/mol. The SMILES string of the molecule is Cc1cccc2c1C(c1ccc(N)cc1)c1oc3cc(O)ccc3c(=O)c1C=C2C(=O)O. The van der Waals surface area contributed by atoms with Crippen LogP contribution in [0.25, 0.3) is 22.6 Å². The van der Waals surface area contributed by atoms with Crippen LogP contribution in [0.5, 0.6) is 5.75 Å². The first-order valence-electron chi connectivity index (χ1n) is 10.0. The fourth-order valence-corrected chi connectivity index (χ4v) is 4.40. The molecule has 158 valence electrons. The van der Waals surface area contributed by atoms with Gasteiger partial charge in [-0.2, -0.15) is 0 Å². The summed E-state index contributed by atoms with van der Waals surface area (Å²) in [6.45, 7) is 1.90. The molecular formula is C26H19NO5. The standard InChI is InChI=1S/C26H19NO5/c1-13-3-2-4-17-19(26(30)31)12-20-24(29)18-10-9-16(28)11-21(18)32-25(20)23(22(13)17)14-5-7-15(27)8-6-14/h2-12,23,28H,27H2,1H3,(H,30,31). The van der Waals surface area contributed by atoms with Gasteiger partial charge in [-0.1, -0.05) is 30.3 Å². The third kappa shape index (κ3) is 2.96. The first-order chi connectivity index (χ1) is 15.3. The van der Waals surface area contributed by atoms with Gasteiger partial charge in [-0.25, -0.2) is 4.79 Å². The number of rotatable bonds is 2. The number of anilines is 1. The monoisotopic (exact) mass is 425 g/mol. The van der Waals surface area contributed by atoms with Gasteiger partial charge < -0.3 is 20.4 Å². The Morgan fingerprint density at radius 1 is 1.06 bits per heavy atom. The minimum Gasteiger partial charge on any atom is -0.508 e. The molecule has 0 spiro atoms. The number of hydrogen-bond donors (Lipinski definition) is 3. The van der Waals surface area contributed by atoms with Crippen molar-refractivity contribution in [1.82, 2.24) is 0 Å². The summed E-state index contributed by atoms with van der Waals surface area (Å²) in [5, 5.41) is 20.2. The zero-order chi connectivity index (χ0) is 22.6. The minimum absolute atomic E-state index is 0.0216. The van der Waals surface area contributed by atoms with Gasteiger partial charge in [0.25, 0.3) is 0 Å². The molecule has 0 saturated carbocycles. The van der Waals surface area contributed by atoms with Crippen LogP contribution in [0.2, 0.25) is 0 Å². The van der Waals surface area contributed by atoms with Crippen molar-refractivity contribution < 1.29 is 19.4 Å². The number of carbonyl (C=O) groups is 1. The molecule has 6 heteroatoms. The fourth-order valence-electron chi connectivity index (χ4n) is 4.40. The molecule has 1 aromatic heterocycles. The number of phenols is 1. The predicted molar refractivity (Wildman–Crippen MR) is 123 cm³/mol. The number of fused-ring (bicyclic) bond motifs is 3. The van der Waals surface area contributed by atoms with Crippen molar-refractivity contribution in [3.8, 4) is 5.75 Å². The second-order valence-electron chi connectivity index (χ2n) is 7.89. The lowest BCUT2D eigenvalue weighted by Gasteiger charge is -2.22. The van der Waals surface area contributed by atoms with Gasteiger partial charge in [-0.3, -0.25) is 4.79 Å². The topological polar surface area (TPSA) is 114 Å². The lowest BCUT2D eigenvalue weighted by molar-refractivity contribution is -0.130. The molecule has 1 heterocycles. The second kappa shape index (κ2) is 7.13. The van der Waals surface area contributed by atoms with Crippen molar-refractivity contribution in [3.05, 3.63) is 104 Å². The highest BCUT2D eigenvalue weighted by molar-refractivity contribution is 6.21. The molecule has 4 N–H and O–H groups in total. The Labute approximate surface area is 182 Å². The van der Waals surface area contributed by atoms with Crippen molar-refractivity contribution >= 4 is 34.3 Å². The highest BCUT2D eigenvalue weighted by Crippen LogP contribution is 2.43. The van der Waals surface area contributed by atoms with Gasteiger partial charge in [0, 0.05) is 11.8 Å². The van der Waals surface area contributed by atoms with Gasteiger partial charge in [0.15, 0.2) is 5.43 Å². The Hall–Kier alpha value is -4.32. The molecule has 0 fully saturated rings. The molecule has 3 aromatic carbocycles. The van der Waals surface area contributed by atoms with Gasteiger partial charge in [0.1, 0.15) is 17.1 Å². The zero-order valence-electron chi connectivity index (χ0n) is 17.1. The highest BCUT2D eigenvalue weighted by atomic mass is 16.4. The number of hydrogen-bond acceptors (Lipinski definition) is 5. The van der Waals surface area contributed by atoms with Crippen molar-refractivity contribution in [2.75, 3.05) is 5.73 Å². The molecule has 32 heavy (non-hydrogen) atoms. The maximum absolute atomic E-state index is 13.5. The number of carboxylic acid groups (broad SMARTS) is 1. The minimum atomic E-state index is -1.13. The quantitative estimate of drug-likeness (QED) is 0.407.